The molecule has 0 saturated carbocycles. The molecule has 0 bridgehead atoms. The molecule has 5 heteroatoms. The van der Waals surface area contributed by atoms with Crippen molar-refractivity contribution < 1.29 is 9.90 Å². The molecule has 0 radical (unpaired) electrons. The number of hydrogen-bond donors (Lipinski definition) is 2. The monoisotopic (exact) mass is 276 g/mol. The molecule has 0 aliphatic heterocycles. The molecule has 19 heavy (non-hydrogen) atoms. The van der Waals surface area contributed by atoms with Gasteiger partial charge in [0.05, 0.1) is 11.7 Å². The Labute approximate surface area is 116 Å². The number of thiophene rings is 1. The number of aromatic carboxylic acids is 1. The van der Waals surface area contributed by atoms with Crippen LogP contribution in [0.4, 0.5) is 5.69 Å². The number of carboxylic acid groups (broad SMARTS) is 1. The van der Waals surface area contributed by atoms with Crippen LogP contribution in [0.15, 0.2) is 36.0 Å². The Balaban J connectivity index is 2.25. The first kappa shape index (κ1) is 13.5. The molecule has 0 aliphatic carbocycles. The van der Waals surface area contributed by atoms with Crippen molar-refractivity contribution in [1.29, 1.82) is 0 Å². The average Bonchev–Trinajstić information content (AvgIpc) is 2.92. The van der Waals surface area contributed by atoms with E-state index in [0.717, 1.165) is 12.8 Å². The fraction of sp³-hybridized carbons (Fsp3) is 0.286. The SMILES string of the molecule is CCCC(Nc1ccncc1C(=O)O)c1cccs1. The highest BCUT2D eigenvalue weighted by molar-refractivity contribution is 7.10. The van der Waals surface area contributed by atoms with E-state index in [1.807, 2.05) is 11.4 Å². The molecule has 0 aromatic carbocycles. The molecule has 0 amide bonds. The summed E-state index contributed by atoms with van der Waals surface area (Å²) in [5, 5.41) is 14.5. The second-order valence-corrected chi connectivity index (χ2v) is 5.21. The fourth-order valence-electron chi connectivity index (χ4n) is 1.94. The zero-order valence-electron chi connectivity index (χ0n) is 10.7. The van der Waals surface area contributed by atoms with Gasteiger partial charge in [0, 0.05) is 17.3 Å². The summed E-state index contributed by atoms with van der Waals surface area (Å²) in [6, 6.07) is 5.93. The highest BCUT2D eigenvalue weighted by atomic mass is 32.1. The number of nitrogens with zero attached hydrogens (tertiary/aromatic N) is 1. The molecule has 2 N–H and O–H groups in total. The molecule has 0 spiro atoms. The lowest BCUT2D eigenvalue weighted by molar-refractivity contribution is 0.0697. The van der Waals surface area contributed by atoms with Crippen molar-refractivity contribution >= 4 is 23.0 Å². The van der Waals surface area contributed by atoms with Gasteiger partial charge in [-0.25, -0.2) is 4.79 Å². The molecule has 0 fully saturated rings. The summed E-state index contributed by atoms with van der Waals surface area (Å²) in [7, 11) is 0. The van der Waals surface area contributed by atoms with Crippen LogP contribution in [-0.4, -0.2) is 16.1 Å². The highest BCUT2D eigenvalue weighted by Crippen LogP contribution is 2.28. The first-order chi connectivity index (χ1) is 9.22. The summed E-state index contributed by atoms with van der Waals surface area (Å²) in [5.41, 5.74) is 0.828. The quantitative estimate of drug-likeness (QED) is 0.842. The molecular weight excluding hydrogens is 260 g/mol. The van der Waals surface area contributed by atoms with Gasteiger partial charge >= 0.3 is 5.97 Å². The Kier molecular flexibility index (Phi) is 4.52. The Morgan fingerprint density at radius 2 is 2.37 bits per heavy atom. The number of anilines is 1. The molecule has 2 aromatic rings. The van der Waals surface area contributed by atoms with Crippen LogP contribution in [-0.2, 0) is 0 Å². The smallest absolute Gasteiger partial charge is 0.339 e. The van der Waals surface area contributed by atoms with E-state index in [1.54, 1.807) is 23.6 Å². The van der Waals surface area contributed by atoms with Crippen molar-refractivity contribution in [2.45, 2.75) is 25.8 Å². The number of carbonyl (C=O) groups is 1. The molecule has 1 unspecified atom stereocenters. The van der Waals surface area contributed by atoms with Gasteiger partial charge in [0.2, 0.25) is 0 Å². The van der Waals surface area contributed by atoms with Gasteiger partial charge in [0.25, 0.3) is 0 Å². The third-order valence-electron chi connectivity index (χ3n) is 2.85. The maximum atomic E-state index is 11.2. The maximum Gasteiger partial charge on any atom is 0.339 e. The number of carboxylic acids is 1. The molecule has 0 aliphatic rings. The van der Waals surface area contributed by atoms with E-state index in [1.165, 1.54) is 11.1 Å². The van der Waals surface area contributed by atoms with Gasteiger partial charge in [-0.1, -0.05) is 19.4 Å². The first-order valence-electron chi connectivity index (χ1n) is 6.19. The van der Waals surface area contributed by atoms with Crippen molar-refractivity contribution in [3.63, 3.8) is 0 Å². The van der Waals surface area contributed by atoms with E-state index in [-0.39, 0.29) is 11.6 Å². The maximum absolute atomic E-state index is 11.2. The van der Waals surface area contributed by atoms with Crippen molar-refractivity contribution in [1.82, 2.24) is 4.98 Å². The van der Waals surface area contributed by atoms with E-state index >= 15 is 0 Å². The van der Waals surface area contributed by atoms with E-state index in [4.69, 9.17) is 5.11 Å². The number of nitrogens with one attached hydrogen (secondary N) is 1. The Hall–Kier alpha value is -1.88. The second kappa shape index (κ2) is 6.33. The van der Waals surface area contributed by atoms with E-state index in [9.17, 15) is 4.79 Å². The van der Waals surface area contributed by atoms with Gasteiger partial charge in [-0.3, -0.25) is 4.98 Å². The normalized spacial score (nSPS) is 12.1. The molecule has 0 saturated heterocycles. The van der Waals surface area contributed by atoms with Crippen molar-refractivity contribution in [3.8, 4) is 0 Å². The van der Waals surface area contributed by atoms with Crippen molar-refractivity contribution in [2.75, 3.05) is 5.32 Å². The van der Waals surface area contributed by atoms with Crippen LogP contribution in [0.2, 0.25) is 0 Å². The molecule has 4 nitrogen and oxygen atoms in total. The van der Waals surface area contributed by atoms with Gasteiger partial charge in [-0.15, -0.1) is 11.3 Å². The molecular formula is C14H16N2O2S. The van der Waals surface area contributed by atoms with Crippen molar-refractivity contribution in [3.05, 3.63) is 46.4 Å². The third-order valence-corrected chi connectivity index (χ3v) is 3.83. The Morgan fingerprint density at radius 1 is 1.53 bits per heavy atom. The zero-order chi connectivity index (χ0) is 13.7. The van der Waals surface area contributed by atoms with E-state index in [2.05, 4.69) is 23.3 Å². The average molecular weight is 276 g/mol. The lowest BCUT2D eigenvalue weighted by atomic mass is 10.1. The molecule has 2 aromatic heterocycles. The molecule has 2 rings (SSSR count). The van der Waals surface area contributed by atoms with E-state index in [0.29, 0.717) is 5.69 Å². The van der Waals surface area contributed by atoms with Crippen LogP contribution in [0, 0.1) is 0 Å². The second-order valence-electron chi connectivity index (χ2n) is 4.23. The predicted molar refractivity (Wildman–Crippen MR) is 76.8 cm³/mol. The predicted octanol–water partition coefficient (Wildman–Crippen LogP) is 3.79. The Morgan fingerprint density at radius 3 is 3.00 bits per heavy atom. The largest absolute Gasteiger partial charge is 0.478 e. The van der Waals surface area contributed by atoms with Crippen molar-refractivity contribution in [2.24, 2.45) is 0 Å². The third kappa shape index (κ3) is 3.32. The van der Waals surface area contributed by atoms with Gasteiger partial charge in [0.15, 0.2) is 0 Å². The minimum Gasteiger partial charge on any atom is -0.478 e. The van der Waals surface area contributed by atoms with Crippen LogP contribution in [0.25, 0.3) is 0 Å². The summed E-state index contributed by atoms with van der Waals surface area (Å²) >= 11 is 1.68. The number of aromatic nitrogens is 1. The standard InChI is InChI=1S/C14H16N2O2S/c1-2-4-12(13-5-3-8-19-13)16-11-6-7-15-9-10(11)14(17)18/h3,5-9,12H,2,4H2,1H3,(H,15,16)(H,17,18). The van der Waals surface area contributed by atoms with Crippen LogP contribution in [0.3, 0.4) is 0 Å². The minimum atomic E-state index is -0.961. The van der Waals surface area contributed by atoms with Gasteiger partial charge < -0.3 is 10.4 Å². The lowest BCUT2D eigenvalue weighted by Gasteiger charge is -2.19. The van der Waals surface area contributed by atoms with Crippen LogP contribution >= 0.6 is 11.3 Å². The Bertz CT molecular complexity index is 540. The number of rotatable bonds is 6. The van der Waals surface area contributed by atoms with Crippen LogP contribution < -0.4 is 5.32 Å². The van der Waals surface area contributed by atoms with Gasteiger partial charge in [-0.05, 0) is 23.9 Å². The summed E-state index contributed by atoms with van der Waals surface area (Å²) in [4.78, 5) is 16.3. The minimum absolute atomic E-state index is 0.144. The van der Waals surface area contributed by atoms with Gasteiger partial charge in [0.1, 0.15) is 5.56 Å². The molecule has 100 valence electrons. The molecule has 2 heterocycles. The summed E-state index contributed by atoms with van der Waals surface area (Å²) in [6.07, 6.45) is 4.97. The van der Waals surface area contributed by atoms with Gasteiger partial charge in [-0.2, -0.15) is 0 Å². The summed E-state index contributed by atoms with van der Waals surface area (Å²) in [5.74, 6) is -0.961. The lowest BCUT2D eigenvalue weighted by Crippen LogP contribution is -2.12. The number of pyridine rings is 1. The van der Waals surface area contributed by atoms with E-state index < -0.39 is 5.97 Å². The highest BCUT2D eigenvalue weighted by Gasteiger charge is 2.16. The summed E-state index contributed by atoms with van der Waals surface area (Å²) in [6.45, 7) is 2.12. The molecule has 1 atom stereocenters. The van der Waals surface area contributed by atoms with Crippen LogP contribution in [0.1, 0.15) is 41.0 Å². The zero-order valence-corrected chi connectivity index (χ0v) is 11.5. The topological polar surface area (TPSA) is 62.2 Å². The van der Waals surface area contributed by atoms with Crippen LogP contribution in [0.5, 0.6) is 0 Å². The first-order valence-corrected chi connectivity index (χ1v) is 7.07. The fourth-order valence-corrected chi connectivity index (χ4v) is 2.75. The number of hydrogen-bond acceptors (Lipinski definition) is 4. The summed E-state index contributed by atoms with van der Waals surface area (Å²) < 4.78 is 0.